The number of anilines is 1. The summed E-state index contributed by atoms with van der Waals surface area (Å²) in [6, 6.07) is 14.6. The van der Waals surface area contributed by atoms with E-state index >= 15 is 0 Å². The van der Waals surface area contributed by atoms with Crippen molar-refractivity contribution in [3.8, 4) is 11.1 Å². The average molecular weight is 397 g/mol. The Bertz CT molecular complexity index is 1080. The van der Waals surface area contributed by atoms with Crippen molar-refractivity contribution in [1.29, 1.82) is 0 Å². The fourth-order valence-corrected chi connectivity index (χ4v) is 2.89. The zero-order valence-electron chi connectivity index (χ0n) is 15.4. The number of carbonyl (C=O) groups is 2. The van der Waals surface area contributed by atoms with Crippen LogP contribution >= 0.6 is 0 Å². The normalized spacial score (nSPS) is 10.4. The van der Waals surface area contributed by atoms with Crippen LogP contribution in [0.3, 0.4) is 0 Å². The van der Waals surface area contributed by atoms with E-state index in [-0.39, 0.29) is 23.2 Å². The van der Waals surface area contributed by atoms with Crippen LogP contribution < -0.4 is 5.32 Å². The molecule has 3 rings (SSSR count). The van der Waals surface area contributed by atoms with Gasteiger partial charge in [-0.2, -0.15) is 0 Å². The molecule has 0 aliphatic heterocycles. The number of hydrogen-bond acceptors (Lipinski definition) is 4. The molecule has 2 N–H and O–H groups in total. The van der Waals surface area contributed by atoms with E-state index in [9.17, 15) is 18.4 Å². The summed E-state index contributed by atoms with van der Waals surface area (Å²) in [5, 5.41) is 12.0. The molecule has 0 bridgehead atoms. The van der Waals surface area contributed by atoms with Crippen LogP contribution in [0.2, 0.25) is 0 Å². The molecule has 0 unspecified atom stereocenters. The Morgan fingerprint density at radius 1 is 1.00 bits per heavy atom. The minimum absolute atomic E-state index is 0.113. The van der Waals surface area contributed by atoms with Gasteiger partial charge in [-0.1, -0.05) is 30.3 Å². The molecule has 0 amide bonds. The number of benzene rings is 3. The Morgan fingerprint density at radius 3 is 2.45 bits per heavy atom. The van der Waals surface area contributed by atoms with Crippen LogP contribution in [0.4, 0.5) is 14.5 Å². The largest absolute Gasteiger partial charge is 0.478 e. The number of carbonyl (C=O) groups excluding carboxylic acids is 1. The summed E-state index contributed by atoms with van der Waals surface area (Å²) in [6.07, 6.45) is 0. The lowest BCUT2D eigenvalue weighted by Gasteiger charge is -2.12. The zero-order valence-corrected chi connectivity index (χ0v) is 15.4. The third-order valence-electron chi connectivity index (χ3n) is 4.36. The number of nitrogens with one attached hydrogen (secondary N) is 1. The van der Waals surface area contributed by atoms with Crippen LogP contribution in [-0.4, -0.2) is 24.2 Å². The number of carboxylic acids is 1. The van der Waals surface area contributed by atoms with Crippen LogP contribution in [0.5, 0.6) is 0 Å². The van der Waals surface area contributed by atoms with Crippen LogP contribution in [0, 0.1) is 11.6 Å². The highest BCUT2D eigenvalue weighted by molar-refractivity contribution is 5.97. The van der Waals surface area contributed by atoms with Gasteiger partial charge < -0.3 is 15.2 Å². The van der Waals surface area contributed by atoms with Crippen molar-refractivity contribution in [2.45, 2.75) is 6.54 Å². The molecule has 148 valence electrons. The monoisotopic (exact) mass is 397 g/mol. The van der Waals surface area contributed by atoms with Gasteiger partial charge in [0.2, 0.25) is 0 Å². The first-order valence-electron chi connectivity index (χ1n) is 8.63. The van der Waals surface area contributed by atoms with Crippen molar-refractivity contribution in [2.24, 2.45) is 0 Å². The Labute approximate surface area is 165 Å². The number of halogens is 2. The summed E-state index contributed by atoms with van der Waals surface area (Å²) in [5.41, 5.74) is 1.28. The third-order valence-corrected chi connectivity index (χ3v) is 4.36. The zero-order chi connectivity index (χ0) is 21.0. The molecular formula is C22H17F2NO4. The molecule has 0 aliphatic carbocycles. The maximum atomic E-state index is 14.6. The van der Waals surface area contributed by atoms with E-state index in [0.29, 0.717) is 16.8 Å². The van der Waals surface area contributed by atoms with Gasteiger partial charge in [-0.05, 0) is 41.5 Å². The fraction of sp³-hybridized carbons (Fsp3) is 0.0909. The van der Waals surface area contributed by atoms with Gasteiger partial charge in [0.1, 0.15) is 17.2 Å². The standard InChI is InChI=1S/C22H17F2NO4/c1-29-22(28)20-17(6-3-7-18(20)23)13-8-9-15(19(24)11-13)12-25-16-5-2-4-14(10-16)21(26)27/h2-11,25H,12H2,1H3,(H,26,27). The molecule has 0 saturated carbocycles. The third kappa shape index (κ3) is 4.40. The van der Waals surface area contributed by atoms with Crippen LogP contribution in [0.25, 0.3) is 11.1 Å². The molecule has 0 aliphatic rings. The fourth-order valence-electron chi connectivity index (χ4n) is 2.89. The average Bonchev–Trinajstić information content (AvgIpc) is 2.72. The smallest absolute Gasteiger partial charge is 0.341 e. The number of rotatable bonds is 6. The Kier molecular flexibility index (Phi) is 5.87. The highest BCUT2D eigenvalue weighted by atomic mass is 19.1. The van der Waals surface area contributed by atoms with Crippen LogP contribution in [0.15, 0.2) is 60.7 Å². The first-order valence-corrected chi connectivity index (χ1v) is 8.63. The van der Waals surface area contributed by atoms with Gasteiger partial charge in [0.25, 0.3) is 0 Å². The first kappa shape index (κ1) is 20.0. The summed E-state index contributed by atoms with van der Waals surface area (Å²) >= 11 is 0. The lowest BCUT2D eigenvalue weighted by molar-refractivity contribution is 0.0595. The van der Waals surface area contributed by atoms with Gasteiger partial charge in [0, 0.05) is 17.8 Å². The Hall–Kier alpha value is -3.74. The number of hydrogen-bond donors (Lipinski definition) is 2. The predicted molar refractivity (Wildman–Crippen MR) is 104 cm³/mol. The number of methoxy groups -OCH3 is 1. The second-order valence-electron chi connectivity index (χ2n) is 6.20. The molecule has 0 fully saturated rings. The van der Waals surface area contributed by atoms with Gasteiger partial charge in [-0.3, -0.25) is 0 Å². The second-order valence-corrected chi connectivity index (χ2v) is 6.20. The van der Waals surface area contributed by atoms with Gasteiger partial charge in [-0.15, -0.1) is 0 Å². The van der Waals surface area contributed by atoms with E-state index in [1.807, 2.05) is 0 Å². The Balaban J connectivity index is 1.85. The maximum Gasteiger partial charge on any atom is 0.341 e. The van der Waals surface area contributed by atoms with Crippen LogP contribution in [-0.2, 0) is 11.3 Å². The molecule has 0 saturated heterocycles. The molecule has 7 heteroatoms. The number of esters is 1. The topological polar surface area (TPSA) is 75.6 Å². The van der Waals surface area contributed by atoms with Crippen LogP contribution in [0.1, 0.15) is 26.3 Å². The van der Waals surface area contributed by atoms with Gasteiger partial charge in [0.05, 0.1) is 12.7 Å². The SMILES string of the molecule is COC(=O)c1c(F)cccc1-c1ccc(CNc2cccc(C(=O)O)c2)c(F)c1. The molecule has 29 heavy (non-hydrogen) atoms. The summed E-state index contributed by atoms with van der Waals surface area (Å²) in [5.74, 6) is -3.20. The Morgan fingerprint density at radius 2 is 1.76 bits per heavy atom. The van der Waals surface area contributed by atoms with E-state index < -0.39 is 23.6 Å². The predicted octanol–water partition coefficient (Wildman–Crippen LogP) is 4.73. The minimum atomic E-state index is -1.05. The van der Waals surface area contributed by atoms with Gasteiger partial charge in [-0.25, -0.2) is 18.4 Å². The number of ether oxygens (including phenoxy) is 1. The minimum Gasteiger partial charge on any atom is -0.478 e. The number of carboxylic acid groups (broad SMARTS) is 1. The van der Waals surface area contributed by atoms with E-state index in [1.54, 1.807) is 18.2 Å². The quantitative estimate of drug-likeness (QED) is 0.588. The number of aromatic carboxylic acids is 1. The van der Waals surface area contributed by atoms with E-state index in [1.165, 1.54) is 36.4 Å². The molecule has 0 atom stereocenters. The highest BCUT2D eigenvalue weighted by Crippen LogP contribution is 2.28. The van der Waals surface area contributed by atoms with Gasteiger partial charge >= 0.3 is 11.9 Å². The molecule has 3 aromatic rings. The molecule has 3 aromatic carbocycles. The van der Waals surface area contributed by atoms with E-state index in [2.05, 4.69) is 10.1 Å². The molecule has 0 spiro atoms. The lowest BCUT2D eigenvalue weighted by atomic mass is 9.98. The van der Waals surface area contributed by atoms with Gasteiger partial charge in [0.15, 0.2) is 0 Å². The molecule has 5 nitrogen and oxygen atoms in total. The van der Waals surface area contributed by atoms with Crippen molar-refractivity contribution < 1.29 is 28.2 Å². The molecule has 0 radical (unpaired) electrons. The molecular weight excluding hydrogens is 380 g/mol. The van der Waals surface area contributed by atoms with Crippen molar-refractivity contribution in [2.75, 3.05) is 12.4 Å². The van der Waals surface area contributed by atoms with E-state index in [4.69, 9.17) is 5.11 Å². The molecule has 0 heterocycles. The second kappa shape index (κ2) is 8.52. The van der Waals surface area contributed by atoms with E-state index in [0.717, 1.165) is 13.2 Å². The van der Waals surface area contributed by atoms with Crippen molar-refractivity contribution in [3.63, 3.8) is 0 Å². The summed E-state index contributed by atoms with van der Waals surface area (Å²) in [6.45, 7) is 0.113. The van der Waals surface area contributed by atoms with Crippen molar-refractivity contribution in [3.05, 3.63) is 89.0 Å². The summed E-state index contributed by atoms with van der Waals surface area (Å²) < 4.78 is 33.3. The van der Waals surface area contributed by atoms with Crippen molar-refractivity contribution in [1.82, 2.24) is 0 Å². The lowest BCUT2D eigenvalue weighted by Crippen LogP contribution is -2.07. The summed E-state index contributed by atoms with van der Waals surface area (Å²) in [4.78, 5) is 22.9. The highest BCUT2D eigenvalue weighted by Gasteiger charge is 2.19. The molecule has 0 aromatic heterocycles. The first-order chi connectivity index (χ1) is 13.9. The summed E-state index contributed by atoms with van der Waals surface area (Å²) in [7, 11) is 1.15. The maximum absolute atomic E-state index is 14.6. The van der Waals surface area contributed by atoms with Crippen molar-refractivity contribution >= 4 is 17.6 Å².